The highest BCUT2D eigenvalue weighted by Crippen LogP contribution is 2.41. The van der Waals surface area contributed by atoms with Crippen molar-refractivity contribution in [3.8, 4) is 23.0 Å². The molecule has 0 fully saturated rings. The van der Waals surface area contributed by atoms with Crippen molar-refractivity contribution >= 4 is 45.1 Å². The van der Waals surface area contributed by atoms with Crippen molar-refractivity contribution in [2.75, 3.05) is 40.6 Å². The van der Waals surface area contributed by atoms with E-state index in [1.165, 1.54) is 25.2 Å². The summed E-state index contributed by atoms with van der Waals surface area (Å²) in [5, 5.41) is 0.180. The van der Waals surface area contributed by atoms with Gasteiger partial charge in [-0.15, -0.1) is 11.3 Å². The molecule has 1 aliphatic rings. The average Bonchev–Trinajstić information content (AvgIpc) is 3.69. The van der Waals surface area contributed by atoms with Crippen molar-refractivity contribution in [1.82, 2.24) is 4.90 Å². The van der Waals surface area contributed by atoms with Crippen LogP contribution in [0.5, 0.6) is 23.0 Å². The largest absolute Gasteiger partial charge is 0.493 e. The van der Waals surface area contributed by atoms with Crippen LogP contribution in [0.15, 0.2) is 18.2 Å². The SMILES string of the molecule is CCOC(=O)CCC(=O)c1cc2c(F)c(OCCCOc3c(OC)cc4c(c3F)CN(C(=O)CCC(=O)OCC)C4)c(OC)cc2s1. The average molecular weight is 678 g/mol. The Labute approximate surface area is 274 Å². The van der Waals surface area contributed by atoms with Gasteiger partial charge in [0, 0.05) is 54.1 Å². The second-order valence-corrected chi connectivity index (χ2v) is 11.5. The molecule has 0 saturated carbocycles. The third-order valence-electron chi connectivity index (χ3n) is 7.33. The number of amides is 1. The van der Waals surface area contributed by atoms with E-state index in [4.69, 9.17) is 28.4 Å². The van der Waals surface area contributed by atoms with Crippen LogP contribution in [0.2, 0.25) is 0 Å². The zero-order valence-corrected chi connectivity index (χ0v) is 27.5. The Morgan fingerprint density at radius 2 is 1.38 bits per heavy atom. The zero-order valence-electron chi connectivity index (χ0n) is 26.7. The normalized spacial score (nSPS) is 12.1. The number of esters is 2. The molecule has 0 aliphatic carbocycles. The molecule has 0 atom stereocenters. The first-order valence-corrected chi connectivity index (χ1v) is 16.0. The maximum atomic E-state index is 15.6. The van der Waals surface area contributed by atoms with E-state index >= 15 is 8.78 Å². The molecule has 254 valence electrons. The number of carbonyl (C=O) groups excluding carboxylic acids is 4. The fourth-order valence-electron chi connectivity index (χ4n) is 5.03. The van der Waals surface area contributed by atoms with Crippen molar-refractivity contribution in [2.45, 2.75) is 59.0 Å². The number of hydrogen-bond acceptors (Lipinski definition) is 11. The van der Waals surface area contributed by atoms with Crippen LogP contribution in [0, 0.1) is 11.6 Å². The van der Waals surface area contributed by atoms with Crippen LogP contribution in [0.25, 0.3) is 10.1 Å². The van der Waals surface area contributed by atoms with Crippen molar-refractivity contribution in [1.29, 1.82) is 0 Å². The minimum absolute atomic E-state index is 0.00199. The van der Waals surface area contributed by atoms with Gasteiger partial charge < -0.3 is 33.3 Å². The van der Waals surface area contributed by atoms with Gasteiger partial charge in [-0.25, -0.2) is 8.78 Å². The molecule has 11 nitrogen and oxygen atoms in total. The van der Waals surface area contributed by atoms with E-state index in [1.807, 2.05) is 0 Å². The Bertz CT molecular complexity index is 1640. The number of carbonyl (C=O) groups is 4. The molecular weight excluding hydrogens is 640 g/mol. The molecule has 2 heterocycles. The molecule has 0 bridgehead atoms. The molecule has 0 N–H and O–H groups in total. The molecule has 0 saturated heterocycles. The van der Waals surface area contributed by atoms with Gasteiger partial charge in [0.25, 0.3) is 0 Å². The Hall–Kier alpha value is -4.46. The van der Waals surface area contributed by atoms with E-state index < -0.39 is 23.6 Å². The second kappa shape index (κ2) is 16.4. The third kappa shape index (κ3) is 8.47. The summed E-state index contributed by atoms with van der Waals surface area (Å²) in [6, 6.07) is 4.62. The highest BCUT2D eigenvalue weighted by atomic mass is 32.1. The number of fused-ring (bicyclic) bond motifs is 2. The summed E-state index contributed by atoms with van der Waals surface area (Å²) >= 11 is 1.09. The number of rotatable bonds is 17. The zero-order chi connectivity index (χ0) is 34.1. The van der Waals surface area contributed by atoms with Crippen LogP contribution in [0.4, 0.5) is 8.78 Å². The number of ketones is 1. The monoisotopic (exact) mass is 677 g/mol. The molecule has 14 heteroatoms. The molecule has 3 aromatic rings. The summed E-state index contributed by atoms with van der Waals surface area (Å²) < 4.78 is 63.4. The molecular formula is C33H37F2NO10S. The predicted molar refractivity (Wildman–Crippen MR) is 167 cm³/mol. The molecule has 1 aliphatic heterocycles. The summed E-state index contributed by atoms with van der Waals surface area (Å²) in [5.74, 6) is -2.86. The minimum Gasteiger partial charge on any atom is -0.493 e. The lowest BCUT2D eigenvalue weighted by Gasteiger charge is -2.15. The molecule has 1 aromatic heterocycles. The Morgan fingerprint density at radius 1 is 0.787 bits per heavy atom. The first kappa shape index (κ1) is 35.4. The molecule has 0 radical (unpaired) electrons. The van der Waals surface area contributed by atoms with Gasteiger partial charge in [0.05, 0.1) is 58.4 Å². The smallest absolute Gasteiger partial charge is 0.306 e. The summed E-state index contributed by atoms with van der Waals surface area (Å²) in [4.78, 5) is 50.2. The fraction of sp³-hybridized carbons (Fsp3) is 0.455. The molecule has 1 amide bonds. The quantitative estimate of drug-likeness (QED) is 0.0990. The number of methoxy groups -OCH3 is 2. The van der Waals surface area contributed by atoms with E-state index in [2.05, 4.69) is 0 Å². The minimum atomic E-state index is -0.700. The Balaban J connectivity index is 1.36. The van der Waals surface area contributed by atoms with E-state index in [9.17, 15) is 19.2 Å². The summed E-state index contributed by atoms with van der Waals surface area (Å²) in [6.45, 7) is 3.99. The lowest BCUT2D eigenvalue weighted by Crippen LogP contribution is -2.26. The van der Waals surface area contributed by atoms with Gasteiger partial charge in [-0.3, -0.25) is 19.2 Å². The van der Waals surface area contributed by atoms with E-state index in [-0.39, 0.29) is 112 Å². The highest BCUT2D eigenvalue weighted by molar-refractivity contribution is 7.20. The molecule has 0 spiro atoms. The van der Waals surface area contributed by atoms with Crippen LogP contribution in [-0.2, 0) is 36.9 Å². The van der Waals surface area contributed by atoms with E-state index in [0.717, 1.165) is 11.3 Å². The second-order valence-electron chi connectivity index (χ2n) is 10.4. The number of nitrogens with zero attached hydrogens (tertiary/aromatic N) is 1. The predicted octanol–water partition coefficient (Wildman–Crippen LogP) is 5.76. The molecule has 4 rings (SSSR count). The lowest BCUT2D eigenvalue weighted by atomic mass is 10.1. The number of ether oxygens (including phenoxy) is 6. The number of halogens is 2. The topological polar surface area (TPSA) is 127 Å². The van der Waals surface area contributed by atoms with Crippen LogP contribution < -0.4 is 18.9 Å². The first-order chi connectivity index (χ1) is 22.6. The van der Waals surface area contributed by atoms with Crippen LogP contribution in [0.3, 0.4) is 0 Å². The van der Waals surface area contributed by atoms with Crippen molar-refractivity contribution in [3.05, 3.63) is 45.8 Å². The Kier molecular flexibility index (Phi) is 12.3. The molecule has 0 unspecified atom stereocenters. The third-order valence-corrected chi connectivity index (χ3v) is 8.46. The van der Waals surface area contributed by atoms with Gasteiger partial charge in [0.2, 0.25) is 5.91 Å². The van der Waals surface area contributed by atoms with Gasteiger partial charge in [0.15, 0.2) is 40.4 Å². The van der Waals surface area contributed by atoms with Crippen LogP contribution in [-0.4, -0.2) is 69.2 Å². The van der Waals surface area contributed by atoms with Gasteiger partial charge in [-0.2, -0.15) is 0 Å². The Morgan fingerprint density at radius 3 is 2.00 bits per heavy atom. The van der Waals surface area contributed by atoms with Gasteiger partial charge in [0.1, 0.15) is 0 Å². The number of thiophene rings is 1. The number of Topliss-reactive ketones (excluding diaryl/α,β-unsaturated/α-hetero) is 1. The fourth-order valence-corrected chi connectivity index (χ4v) is 6.08. The van der Waals surface area contributed by atoms with Crippen LogP contribution >= 0.6 is 11.3 Å². The first-order valence-electron chi connectivity index (χ1n) is 15.2. The number of hydrogen-bond donors (Lipinski definition) is 0. The lowest BCUT2D eigenvalue weighted by molar-refractivity contribution is -0.145. The van der Waals surface area contributed by atoms with Gasteiger partial charge >= 0.3 is 11.9 Å². The van der Waals surface area contributed by atoms with Gasteiger partial charge in [-0.1, -0.05) is 0 Å². The molecule has 47 heavy (non-hydrogen) atoms. The number of benzene rings is 2. The maximum Gasteiger partial charge on any atom is 0.306 e. The highest BCUT2D eigenvalue weighted by Gasteiger charge is 2.30. The standard InChI is InChI=1S/C33H37F2NO10S/c1-5-43-28(39)10-8-22(37)26-15-20-25(47-26)16-24(42-4)33(30(20)34)46-13-7-12-45-32-23(41-3)14-19-17-36(18-21(19)31(32)35)27(38)9-11-29(40)44-6-2/h14-16H,5-13,17-18H2,1-4H3. The van der Waals surface area contributed by atoms with Crippen molar-refractivity contribution in [3.63, 3.8) is 0 Å². The summed E-state index contributed by atoms with van der Waals surface area (Å²) in [6.07, 6.45) is 0.00588. The van der Waals surface area contributed by atoms with Crippen molar-refractivity contribution in [2.24, 2.45) is 0 Å². The van der Waals surface area contributed by atoms with Crippen LogP contribution in [0.1, 0.15) is 66.8 Å². The van der Waals surface area contributed by atoms with Gasteiger partial charge in [-0.05, 0) is 31.5 Å². The maximum absolute atomic E-state index is 15.6. The van der Waals surface area contributed by atoms with Crippen molar-refractivity contribution < 1.29 is 56.4 Å². The molecule has 2 aromatic carbocycles. The van der Waals surface area contributed by atoms with E-state index in [1.54, 1.807) is 26.0 Å². The summed E-state index contributed by atoms with van der Waals surface area (Å²) in [5.41, 5.74) is 0.880. The van der Waals surface area contributed by atoms with E-state index in [0.29, 0.717) is 20.7 Å². The summed E-state index contributed by atoms with van der Waals surface area (Å²) in [7, 11) is 2.75.